The van der Waals surface area contributed by atoms with E-state index in [1.807, 2.05) is 42.5 Å². The van der Waals surface area contributed by atoms with Crippen molar-refractivity contribution in [3.63, 3.8) is 0 Å². The largest absolute Gasteiger partial charge is 0.322 e. The van der Waals surface area contributed by atoms with Gasteiger partial charge in [0.05, 0.1) is 0 Å². The molecule has 1 aliphatic heterocycles. The summed E-state index contributed by atoms with van der Waals surface area (Å²) in [6.07, 6.45) is 0. The van der Waals surface area contributed by atoms with Crippen molar-refractivity contribution in [2.45, 2.75) is 19.3 Å². The molecule has 0 saturated heterocycles. The van der Waals surface area contributed by atoms with Crippen LogP contribution in [0.15, 0.2) is 48.5 Å². The van der Waals surface area contributed by atoms with Crippen molar-refractivity contribution in [1.82, 2.24) is 0 Å². The predicted molar refractivity (Wildman–Crippen MR) is 73.0 cm³/mol. The van der Waals surface area contributed by atoms with E-state index in [4.69, 9.17) is 0 Å². The number of anilines is 1. The molecule has 3 rings (SSSR count). The predicted octanol–water partition coefficient (Wildman–Crippen LogP) is 3.58. The molecule has 90 valence electrons. The Morgan fingerprint density at radius 1 is 0.889 bits per heavy atom. The van der Waals surface area contributed by atoms with Gasteiger partial charge >= 0.3 is 0 Å². The lowest BCUT2D eigenvalue weighted by Gasteiger charge is -2.26. The average molecular weight is 237 g/mol. The van der Waals surface area contributed by atoms with Crippen LogP contribution in [0.4, 0.5) is 5.69 Å². The first-order valence-corrected chi connectivity index (χ1v) is 6.11. The number of amides is 1. The fourth-order valence-electron chi connectivity index (χ4n) is 2.70. The van der Waals surface area contributed by atoms with Crippen LogP contribution in [0.25, 0.3) is 0 Å². The summed E-state index contributed by atoms with van der Waals surface area (Å²) in [5.74, 6) is -0.0244. The number of para-hydroxylation sites is 1. The highest BCUT2D eigenvalue weighted by atomic mass is 16.1. The molecule has 0 radical (unpaired) electrons. The molecule has 2 heteroatoms. The minimum absolute atomic E-state index is 0.0244. The van der Waals surface area contributed by atoms with E-state index in [1.165, 1.54) is 0 Å². The summed E-state index contributed by atoms with van der Waals surface area (Å²) in [5, 5.41) is 3.00. The molecule has 0 aromatic heterocycles. The molecule has 1 heterocycles. The number of nitrogens with one attached hydrogen (secondary N) is 1. The van der Waals surface area contributed by atoms with E-state index in [0.29, 0.717) is 0 Å². The summed E-state index contributed by atoms with van der Waals surface area (Å²) < 4.78 is 0. The normalized spacial score (nSPS) is 16.2. The van der Waals surface area contributed by atoms with E-state index in [1.54, 1.807) is 0 Å². The molecule has 2 aromatic carbocycles. The first-order chi connectivity index (χ1) is 8.60. The summed E-state index contributed by atoms with van der Waals surface area (Å²) in [4.78, 5) is 12.2. The topological polar surface area (TPSA) is 29.1 Å². The molecular weight excluding hydrogens is 222 g/mol. The van der Waals surface area contributed by atoms with Gasteiger partial charge in [0.25, 0.3) is 5.91 Å². The number of hydrogen-bond acceptors (Lipinski definition) is 1. The van der Waals surface area contributed by atoms with Crippen LogP contribution in [0.1, 0.15) is 35.3 Å². The second-order valence-corrected chi connectivity index (χ2v) is 5.17. The molecule has 1 N–H and O–H groups in total. The Morgan fingerprint density at radius 2 is 1.50 bits per heavy atom. The highest BCUT2D eigenvalue weighted by molar-refractivity contribution is 6.07. The smallest absolute Gasteiger partial charge is 0.255 e. The highest BCUT2D eigenvalue weighted by Gasteiger charge is 2.32. The molecule has 0 unspecified atom stereocenters. The molecule has 2 nitrogen and oxygen atoms in total. The van der Waals surface area contributed by atoms with Crippen LogP contribution >= 0.6 is 0 Å². The number of rotatable bonds is 0. The van der Waals surface area contributed by atoms with Gasteiger partial charge in [0.2, 0.25) is 0 Å². The number of hydrogen-bond donors (Lipinski definition) is 1. The zero-order chi connectivity index (χ0) is 12.8. The second kappa shape index (κ2) is 3.70. The second-order valence-electron chi connectivity index (χ2n) is 5.17. The number of carbonyl (C=O) groups is 1. The summed E-state index contributed by atoms with van der Waals surface area (Å²) in [6, 6.07) is 15.8. The average Bonchev–Trinajstić information content (AvgIpc) is 2.46. The van der Waals surface area contributed by atoms with Crippen molar-refractivity contribution in [3.8, 4) is 0 Å². The summed E-state index contributed by atoms with van der Waals surface area (Å²) in [6.45, 7) is 4.32. The highest BCUT2D eigenvalue weighted by Crippen LogP contribution is 2.40. The Balaban J connectivity index is 2.34. The lowest BCUT2D eigenvalue weighted by molar-refractivity contribution is 0.102. The standard InChI is InChI=1S/C16H15NO/c1-16(2)12-8-4-3-7-11(12)15(18)17-14-10-6-5-9-13(14)16/h3-10H,1-2H3,(H,17,18). The van der Waals surface area contributed by atoms with Gasteiger partial charge in [0, 0.05) is 16.7 Å². The monoisotopic (exact) mass is 237 g/mol. The zero-order valence-electron chi connectivity index (χ0n) is 10.5. The van der Waals surface area contributed by atoms with Gasteiger partial charge in [-0.05, 0) is 23.3 Å². The molecule has 0 fully saturated rings. The third-order valence-corrected chi connectivity index (χ3v) is 3.69. The van der Waals surface area contributed by atoms with Crippen LogP contribution in [-0.2, 0) is 5.41 Å². The number of carbonyl (C=O) groups excluding carboxylic acids is 1. The van der Waals surface area contributed by atoms with Crippen molar-refractivity contribution >= 4 is 11.6 Å². The SMILES string of the molecule is CC1(C)c2ccccc2NC(=O)c2ccccc21. The van der Waals surface area contributed by atoms with Crippen molar-refractivity contribution in [2.75, 3.05) is 5.32 Å². The minimum Gasteiger partial charge on any atom is -0.322 e. The first-order valence-electron chi connectivity index (χ1n) is 6.11. The third kappa shape index (κ3) is 1.46. The van der Waals surface area contributed by atoms with Crippen LogP contribution in [-0.4, -0.2) is 5.91 Å². The lowest BCUT2D eigenvalue weighted by atomic mass is 9.76. The molecule has 0 saturated carbocycles. The molecule has 0 spiro atoms. The van der Waals surface area contributed by atoms with Crippen LogP contribution in [0, 0.1) is 0 Å². The van der Waals surface area contributed by atoms with E-state index in [9.17, 15) is 4.79 Å². The van der Waals surface area contributed by atoms with Crippen molar-refractivity contribution in [1.29, 1.82) is 0 Å². The lowest BCUT2D eigenvalue weighted by Crippen LogP contribution is -2.20. The number of fused-ring (bicyclic) bond motifs is 2. The fourth-order valence-corrected chi connectivity index (χ4v) is 2.70. The zero-order valence-corrected chi connectivity index (χ0v) is 10.5. The maximum absolute atomic E-state index is 12.2. The van der Waals surface area contributed by atoms with E-state index in [-0.39, 0.29) is 11.3 Å². The van der Waals surface area contributed by atoms with E-state index in [0.717, 1.165) is 22.4 Å². The fraction of sp³-hybridized carbons (Fsp3) is 0.188. The molecule has 2 aromatic rings. The van der Waals surface area contributed by atoms with Crippen LogP contribution in [0.3, 0.4) is 0 Å². The van der Waals surface area contributed by atoms with E-state index in [2.05, 4.69) is 25.2 Å². The van der Waals surface area contributed by atoms with Gasteiger partial charge in [-0.3, -0.25) is 4.79 Å². The van der Waals surface area contributed by atoms with Crippen LogP contribution in [0.2, 0.25) is 0 Å². The van der Waals surface area contributed by atoms with Crippen molar-refractivity contribution < 1.29 is 4.79 Å². The quantitative estimate of drug-likeness (QED) is 0.745. The molecule has 18 heavy (non-hydrogen) atoms. The minimum atomic E-state index is -0.174. The Labute approximate surface area is 107 Å². The van der Waals surface area contributed by atoms with Gasteiger partial charge in [0.1, 0.15) is 0 Å². The third-order valence-electron chi connectivity index (χ3n) is 3.69. The van der Waals surface area contributed by atoms with Crippen LogP contribution in [0.5, 0.6) is 0 Å². The van der Waals surface area contributed by atoms with Crippen LogP contribution < -0.4 is 5.32 Å². The number of benzene rings is 2. The Morgan fingerprint density at radius 3 is 2.28 bits per heavy atom. The maximum Gasteiger partial charge on any atom is 0.255 e. The molecule has 1 aliphatic rings. The molecule has 1 amide bonds. The van der Waals surface area contributed by atoms with Gasteiger partial charge in [-0.1, -0.05) is 50.2 Å². The van der Waals surface area contributed by atoms with Gasteiger partial charge in [-0.25, -0.2) is 0 Å². The van der Waals surface area contributed by atoms with Gasteiger partial charge in [-0.2, -0.15) is 0 Å². The summed E-state index contributed by atoms with van der Waals surface area (Å²) in [5.41, 5.74) is 3.73. The summed E-state index contributed by atoms with van der Waals surface area (Å²) in [7, 11) is 0. The Hall–Kier alpha value is -2.09. The molecule has 0 aliphatic carbocycles. The van der Waals surface area contributed by atoms with Crippen molar-refractivity contribution in [3.05, 3.63) is 65.2 Å². The Bertz CT molecular complexity index is 628. The van der Waals surface area contributed by atoms with Gasteiger partial charge in [0.15, 0.2) is 0 Å². The maximum atomic E-state index is 12.2. The molecule has 0 atom stereocenters. The molecule has 0 bridgehead atoms. The van der Waals surface area contributed by atoms with Crippen molar-refractivity contribution in [2.24, 2.45) is 0 Å². The van der Waals surface area contributed by atoms with Gasteiger partial charge < -0.3 is 5.32 Å². The van der Waals surface area contributed by atoms with Gasteiger partial charge in [-0.15, -0.1) is 0 Å². The Kier molecular flexibility index (Phi) is 2.27. The van der Waals surface area contributed by atoms with E-state index >= 15 is 0 Å². The first kappa shape index (κ1) is 11.0. The summed E-state index contributed by atoms with van der Waals surface area (Å²) >= 11 is 0. The van der Waals surface area contributed by atoms with E-state index < -0.39 is 0 Å². The molecular formula is C16H15NO.